The van der Waals surface area contributed by atoms with Crippen LogP contribution in [0, 0.1) is 13.8 Å². The van der Waals surface area contributed by atoms with Crippen LogP contribution in [0.1, 0.15) is 49.6 Å². The number of nitrogens with zero attached hydrogens (tertiary/aromatic N) is 3. The van der Waals surface area contributed by atoms with E-state index in [1.54, 1.807) is 13.0 Å². The van der Waals surface area contributed by atoms with Crippen LogP contribution in [0.4, 0.5) is 17.2 Å². The smallest absolute Gasteiger partial charge is 0.270 e. The Kier molecular flexibility index (Phi) is 6.55. The van der Waals surface area contributed by atoms with Gasteiger partial charge in [0.15, 0.2) is 0 Å². The summed E-state index contributed by atoms with van der Waals surface area (Å²) in [4.78, 5) is 23.2. The van der Waals surface area contributed by atoms with Crippen LogP contribution in [0.15, 0.2) is 24.3 Å². The summed E-state index contributed by atoms with van der Waals surface area (Å²) in [5.74, 6) is 0.980. The number of hydrogen-bond donors (Lipinski definition) is 2. The molecular weight excluding hydrogens is 326 g/mol. The summed E-state index contributed by atoms with van der Waals surface area (Å²) in [7, 11) is 0. The van der Waals surface area contributed by atoms with Gasteiger partial charge in [-0.1, -0.05) is 0 Å². The average Bonchev–Trinajstić information content (AvgIpc) is 2.57. The zero-order valence-electron chi connectivity index (χ0n) is 16.6. The number of rotatable bonds is 7. The molecule has 140 valence electrons. The molecule has 2 aromatic rings. The van der Waals surface area contributed by atoms with E-state index < -0.39 is 0 Å². The predicted octanol–water partition coefficient (Wildman–Crippen LogP) is 3.82. The number of hydrogen-bond acceptors (Lipinski definition) is 5. The van der Waals surface area contributed by atoms with E-state index in [-0.39, 0.29) is 11.9 Å². The number of carbonyl (C=O) groups excluding carboxylic acids is 1. The van der Waals surface area contributed by atoms with Crippen LogP contribution >= 0.6 is 0 Å². The zero-order chi connectivity index (χ0) is 19.3. The molecular formula is C20H29N5O. The first kappa shape index (κ1) is 19.7. The fourth-order valence-corrected chi connectivity index (χ4v) is 2.80. The number of amides is 1. The van der Waals surface area contributed by atoms with Gasteiger partial charge in [-0.05, 0) is 65.3 Å². The van der Waals surface area contributed by atoms with E-state index >= 15 is 0 Å². The second-order valence-electron chi connectivity index (χ2n) is 6.61. The fraction of sp³-hybridized carbons (Fsp3) is 0.450. The zero-order valence-corrected chi connectivity index (χ0v) is 16.6. The maximum atomic E-state index is 12.2. The van der Waals surface area contributed by atoms with Crippen molar-refractivity contribution in [1.29, 1.82) is 0 Å². The summed E-state index contributed by atoms with van der Waals surface area (Å²) in [5, 5.41) is 6.17. The van der Waals surface area contributed by atoms with Gasteiger partial charge in [0.2, 0.25) is 0 Å². The largest absolute Gasteiger partial charge is 0.372 e. The molecule has 0 atom stereocenters. The second-order valence-corrected chi connectivity index (χ2v) is 6.61. The minimum Gasteiger partial charge on any atom is -0.372 e. The number of nitrogens with one attached hydrogen (secondary N) is 2. The number of aryl methyl sites for hydroxylation is 2. The number of aromatic nitrogens is 2. The first-order chi connectivity index (χ1) is 12.3. The van der Waals surface area contributed by atoms with Crippen LogP contribution in [0.5, 0.6) is 0 Å². The highest BCUT2D eigenvalue weighted by molar-refractivity contribution is 5.93. The molecule has 26 heavy (non-hydrogen) atoms. The molecule has 6 heteroatoms. The first-order valence-electron chi connectivity index (χ1n) is 9.13. The maximum Gasteiger partial charge on any atom is 0.270 e. The molecule has 0 aliphatic carbocycles. The van der Waals surface area contributed by atoms with E-state index in [1.165, 1.54) is 5.69 Å². The highest BCUT2D eigenvalue weighted by atomic mass is 16.1. The Morgan fingerprint density at radius 1 is 1.12 bits per heavy atom. The van der Waals surface area contributed by atoms with Crippen molar-refractivity contribution in [3.63, 3.8) is 0 Å². The lowest BCUT2D eigenvalue weighted by Crippen LogP contribution is -2.31. The highest BCUT2D eigenvalue weighted by Crippen LogP contribution is 2.25. The molecule has 0 unspecified atom stereocenters. The van der Waals surface area contributed by atoms with Gasteiger partial charge in [-0.3, -0.25) is 4.79 Å². The van der Waals surface area contributed by atoms with Gasteiger partial charge in [-0.15, -0.1) is 0 Å². The van der Waals surface area contributed by atoms with Crippen molar-refractivity contribution in [2.24, 2.45) is 0 Å². The van der Waals surface area contributed by atoms with Gasteiger partial charge in [0.1, 0.15) is 17.3 Å². The van der Waals surface area contributed by atoms with E-state index in [4.69, 9.17) is 0 Å². The van der Waals surface area contributed by atoms with Crippen molar-refractivity contribution in [3.8, 4) is 0 Å². The average molecular weight is 355 g/mol. The lowest BCUT2D eigenvalue weighted by atomic mass is 10.1. The van der Waals surface area contributed by atoms with E-state index in [2.05, 4.69) is 58.4 Å². The molecule has 0 aliphatic rings. The molecule has 0 spiro atoms. The topological polar surface area (TPSA) is 70.2 Å². The molecule has 1 aromatic heterocycles. The molecule has 0 radical (unpaired) electrons. The lowest BCUT2D eigenvalue weighted by molar-refractivity contribution is 0.0937. The van der Waals surface area contributed by atoms with Crippen LogP contribution in [-0.2, 0) is 0 Å². The van der Waals surface area contributed by atoms with Crippen molar-refractivity contribution < 1.29 is 4.79 Å². The molecule has 1 aromatic carbocycles. The van der Waals surface area contributed by atoms with Gasteiger partial charge >= 0.3 is 0 Å². The third-order valence-electron chi connectivity index (χ3n) is 4.09. The molecule has 1 heterocycles. The van der Waals surface area contributed by atoms with Crippen molar-refractivity contribution in [2.75, 3.05) is 23.3 Å². The van der Waals surface area contributed by atoms with Crippen LogP contribution < -0.4 is 15.5 Å². The van der Waals surface area contributed by atoms with Crippen molar-refractivity contribution in [3.05, 3.63) is 41.3 Å². The summed E-state index contributed by atoms with van der Waals surface area (Å²) < 4.78 is 0. The molecule has 0 saturated carbocycles. The van der Waals surface area contributed by atoms with Crippen molar-refractivity contribution in [1.82, 2.24) is 15.3 Å². The minimum absolute atomic E-state index is 0.0593. The van der Waals surface area contributed by atoms with E-state index in [0.29, 0.717) is 17.3 Å². The van der Waals surface area contributed by atoms with Crippen molar-refractivity contribution in [2.45, 2.75) is 47.6 Å². The number of anilines is 3. The van der Waals surface area contributed by atoms with Gasteiger partial charge in [-0.2, -0.15) is 0 Å². The summed E-state index contributed by atoms with van der Waals surface area (Å²) in [6.45, 7) is 13.9. The molecule has 2 N–H and O–H groups in total. The molecule has 0 fully saturated rings. The Morgan fingerprint density at radius 2 is 1.81 bits per heavy atom. The molecule has 6 nitrogen and oxygen atoms in total. The van der Waals surface area contributed by atoms with Gasteiger partial charge in [0, 0.05) is 36.6 Å². The minimum atomic E-state index is -0.192. The standard InChI is InChI=1S/C20H29N5O/c1-7-25(8-2)16-9-10-17(14(5)11-16)24-19-12-18(22-15(6)23-19)20(26)21-13(3)4/h9-13H,7-8H2,1-6H3,(H,21,26)(H,22,23,24). The summed E-state index contributed by atoms with van der Waals surface area (Å²) >= 11 is 0. The Hall–Kier alpha value is -2.63. The SMILES string of the molecule is CCN(CC)c1ccc(Nc2cc(C(=O)NC(C)C)nc(C)n2)c(C)c1. The molecule has 0 aliphatic heterocycles. The third-order valence-corrected chi connectivity index (χ3v) is 4.09. The Balaban J connectivity index is 2.25. The van der Waals surface area contributed by atoms with E-state index in [0.717, 1.165) is 24.3 Å². The van der Waals surface area contributed by atoms with E-state index in [9.17, 15) is 4.79 Å². The Bertz CT molecular complexity index is 769. The van der Waals surface area contributed by atoms with Crippen LogP contribution in [0.25, 0.3) is 0 Å². The quantitative estimate of drug-likeness (QED) is 0.790. The van der Waals surface area contributed by atoms with E-state index in [1.807, 2.05) is 19.9 Å². The fourth-order valence-electron chi connectivity index (χ4n) is 2.80. The summed E-state index contributed by atoms with van der Waals surface area (Å²) in [5.41, 5.74) is 3.66. The monoisotopic (exact) mass is 355 g/mol. The van der Waals surface area contributed by atoms with Gasteiger partial charge in [0.05, 0.1) is 0 Å². The second kappa shape index (κ2) is 8.65. The number of benzene rings is 1. The molecule has 2 rings (SSSR count). The first-order valence-corrected chi connectivity index (χ1v) is 9.13. The van der Waals surface area contributed by atoms with Gasteiger partial charge < -0.3 is 15.5 Å². The van der Waals surface area contributed by atoms with Crippen LogP contribution in [0.3, 0.4) is 0 Å². The van der Waals surface area contributed by atoms with Crippen LogP contribution in [0.2, 0.25) is 0 Å². The summed E-state index contributed by atoms with van der Waals surface area (Å²) in [6, 6.07) is 8.05. The Labute approximate surface area is 156 Å². The molecule has 0 saturated heterocycles. The Morgan fingerprint density at radius 3 is 2.38 bits per heavy atom. The third kappa shape index (κ3) is 4.94. The highest BCUT2D eigenvalue weighted by Gasteiger charge is 2.12. The van der Waals surface area contributed by atoms with Gasteiger partial charge in [0.25, 0.3) is 5.91 Å². The number of carbonyl (C=O) groups is 1. The van der Waals surface area contributed by atoms with Crippen LogP contribution in [-0.4, -0.2) is 35.0 Å². The molecule has 0 bridgehead atoms. The van der Waals surface area contributed by atoms with Gasteiger partial charge in [-0.25, -0.2) is 9.97 Å². The molecule has 1 amide bonds. The maximum absolute atomic E-state index is 12.2. The summed E-state index contributed by atoms with van der Waals surface area (Å²) in [6.07, 6.45) is 0. The lowest BCUT2D eigenvalue weighted by Gasteiger charge is -2.22. The predicted molar refractivity (Wildman–Crippen MR) is 107 cm³/mol. The normalized spacial score (nSPS) is 10.7. The van der Waals surface area contributed by atoms with Crippen molar-refractivity contribution >= 4 is 23.1 Å².